The fourth-order valence-electron chi connectivity index (χ4n) is 11.1. The van der Waals surface area contributed by atoms with Crippen molar-refractivity contribution in [3.05, 3.63) is 34.9 Å². The molecule has 3 heterocycles. The van der Waals surface area contributed by atoms with Crippen LogP contribution in [0.5, 0.6) is 0 Å². The van der Waals surface area contributed by atoms with Crippen LogP contribution < -0.4 is 0 Å². The molecule has 2 saturated carbocycles. The van der Waals surface area contributed by atoms with Crippen LogP contribution in [0.15, 0.2) is 34.9 Å². The summed E-state index contributed by atoms with van der Waals surface area (Å²) in [7, 11) is 1.80. The number of methoxy groups -OCH3 is 1. The Labute approximate surface area is 218 Å². The van der Waals surface area contributed by atoms with Gasteiger partial charge in [-0.05, 0) is 82.8 Å². The summed E-state index contributed by atoms with van der Waals surface area (Å²) in [4.78, 5) is 27.1. The van der Waals surface area contributed by atoms with E-state index in [0.717, 1.165) is 50.5 Å². The van der Waals surface area contributed by atoms with Crippen LogP contribution in [0.1, 0.15) is 72.6 Å². The van der Waals surface area contributed by atoms with E-state index in [4.69, 9.17) is 18.9 Å². The molecule has 6 heteroatoms. The van der Waals surface area contributed by atoms with Gasteiger partial charge in [-0.25, -0.2) is 4.79 Å². The van der Waals surface area contributed by atoms with Gasteiger partial charge in [-0.1, -0.05) is 25.2 Å². The second-order valence-electron chi connectivity index (χ2n) is 14.0. The first-order chi connectivity index (χ1) is 17.5. The molecule has 0 unspecified atom stereocenters. The van der Waals surface area contributed by atoms with Crippen molar-refractivity contribution in [3.8, 4) is 0 Å². The van der Waals surface area contributed by atoms with Crippen molar-refractivity contribution in [2.75, 3.05) is 7.11 Å². The van der Waals surface area contributed by atoms with Crippen LogP contribution in [0.3, 0.4) is 0 Å². The largest absolute Gasteiger partial charge is 0.461 e. The van der Waals surface area contributed by atoms with Crippen LogP contribution in [0, 0.1) is 34.5 Å². The first-order valence-electron chi connectivity index (χ1n) is 14.2. The van der Waals surface area contributed by atoms with Crippen LogP contribution >= 0.6 is 0 Å². The average molecular weight is 507 g/mol. The predicted molar refractivity (Wildman–Crippen MR) is 134 cm³/mol. The number of rotatable bonds is 1. The van der Waals surface area contributed by atoms with Gasteiger partial charge in [0, 0.05) is 35.9 Å². The summed E-state index contributed by atoms with van der Waals surface area (Å²) in [5.74, 6) is 0.0791. The molecule has 0 N–H and O–H groups in total. The number of epoxide rings is 1. The molecule has 3 saturated heterocycles. The van der Waals surface area contributed by atoms with Crippen molar-refractivity contribution in [2.24, 2.45) is 34.5 Å². The van der Waals surface area contributed by atoms with E-state index in [1.54, 1.807) is 7.11 Å². The van der Waals surface area contributed by atoms with E-state index in [1.165, 1.54) is 11.1 Å². The Bertz CT molecular complexity index is 1260. The number of esters is 2. The Kier molecular flexibility index (Phi) is 4.01. The third kappa shape index (κ3) is 2.24. The third-order valence-corrected chi connectivity index (χ3v) is 12.9. The molecule has 0 aromatic heterocycles. The molecule has 0 radical (unpaired) electrons. The maximum Gasteiger partial charge on any atom is 0.334 e. The standard InChI is InChI=1S/C31H38O6/c1-15-7-12-31-20(15)24-19(9-11-29(31,5)37-31)30(26(33)36-24)14-17-13-27(30,3)22-21(17)28(4,34-6)10-8-18-16(2)25(32)35-23(18)22/h7,17-20,23-24H,2,8-14H2,1,3-6H3/t17-,18-,19+,20+,23-,24-,27+,28+,29-,30-,31+/m0/s1. The SMILES string of the molecule is C=C1C(=O)O[C@@H]2C3=C([C@H]4C[C@@]3(C)[C@]3(C4)C(=O)O[C@@H]4[C@H]5C(C)=CC[C@@]56O[C@@]6(C)CC[C@H]43)[C@](C)(OC)CC[C@@H]12. The number of fused-ring (bicyclic) bond motifs is 10. The molecule has 0 aromatic rings. The van der Waals surface area contributed by atoms with Crippen molar-refractivity contribution in [1.82, 2.24) is 0 Å². The lowest BCUT2D eigenvalue weighted by atomic mass is 9.52. The number of ether oxygens (including phenoxy) is 4. The molecular formula is C31H38O6. The molecule has 5 fully saturated rings. The summed E-state index contributed by atoms with van der Waals surface area (Å²) in [5, 5.41) is 0. The van der Waals surface area contributed by atoms with Gasteiger partial charge in [0.15, 0.2) is 0 Å². The quantitative estimate of drug-likeness (QED) is 0.220. The fourth-order valence-corrected chi connectivity index (χ4v) is 11.1. The highest BCUT2D eigenvalue weighted by Crippen LogP contribution is 2.78. The molecular weight excluding hydrogens is 468 g/mol. The Balaban J connectivity index is 1.30. The lowest BCUT2D eigenvalue weighted by Gasteiger charge is -2.48. The molecule has 8 rings (SSSR count). The first-order valence-corrected chi connectivity index (χ1v) is 14.2. The zero-order valence-corrected chi connectivity index (χ0v) is 22.6. The summed E-state index contributed by atoms with van der Waals surface area (Å²) < 4.78 is 25.4. The number of hydrogen-bond donors (Lipinski definition) is 0. The van der Waals surface area contributed by atoms with Crippen LogP contribution in [0.2, 0.25) is 0 Å². The number of carbonyl (C=O) groups is 2. The van der Waals surface area contributed by atoms with Gasteiger partial charge in [0.25, 0.3) is 0 Å². The van der Waals surface area contributed by atoms with Gasteiger partial charge in [-0.2, -0.15) is 0 Å². The number of carbonyl (C=O) groups excluding carboxylic acids is 2. The molecule has 37 heavy (non-hydrogen) atoms. The van der Waals surface area contributed by atoms with Gasteiger partial charge in [-0.3, -0.25) is 4.79 Å². The molecule has 6 nitrogen and oxygen atoms in total. The normalized spacial score (nSPS) is 56.7. The molecule has 3 aliphatic heterocycles. The monoisotopic (exact) mass is 506 g/mol. The highest BCUT2D eigenvalue weighted by Gasteiger charge is 2.82. The average Bonchev–Trinajstić information content (AvgIpc) is 3.20. The molecule has 5 aliphatic carbocycles. The molecule has 0 aromatic carbocycles. The molecule has 2 spiro atoms. The Hall–Kier alpha value is -1.92. The van der Waals surface area contributed by atoms with Crippen LogP contribution in [0.4, 0.5) is 0 Å². The highest BCUT2D eigenvalue weighted by molar-refractivity contribution is 5.92. The van der Waals surface area contributed by atoms with E-state index < -0.39 is 16.4 Å². The summed E-state index contributed by atoms with van der Waals surface area (Å²) in [6.07, 6.45) is 7.88. The van der Waals surface area contributed by atoms with Gasteiger partial charge in [0.2, 0.25) is 0 Å². The predicted octanol–water partition coefficient (Wildman–Crippen LogP) is 4.83. The zero-order chi connectivity index (χ0) is 25.9. The second-order valence-corrected chi connectivity index (χ2v) is 14.0. The van der Waals surface area contributed by atoms with E-state index in [9.17, 15) is 9.59 Å². The van der Waals surface area contributed by atoms with Crippen molar-refractivity contribution < 1.29 is 28.5 Å². The Morgan fingerprint density at radius 3 is 2.59 bits per heavy atom. The fraction of sp³-hybridized carbons (Fsp3) is 0.742. The molecule has 8 aliphatic rings. The van der Waals surface area contributed by atoms with E-state index in [0.29, 0.717) is 5.57 Å². The van der Waals surface area contributed by atoms with E-state index in [1.807, 2.05) is 0 Å². The highest BCUT2D eigenvalue weighted by atomic mass is 16.6. The zero-order valence-electron chi connectivity index (χ0n) is 22.6. The summed E-state index contributed by atoms with van der Waals surface area (Å²) >= 11 is 0. The van der Waals surface area contributed by atoms with Crippen LogP contribution in [-0.4, -0.2) is 48.1 Å². The van der Waals surface area contributed by atoms with Crippen LogP contribution in [-0.2, 0) is 28.5 Å². The van der Waals surface area contributed by atoms with Crippen molar-refractivity contribution in [3.63, 3.8) is 0 Å². The molecule has 198 valence electrons. The van der Waals surface area contributed by atoms with E-state index in [-0.39, 0.29) is 59.0 Å². The Morgan fingerprint density at radius 2 is 1.84 bits per heavy atom. The third-order valence-electron chi connectivity index (χ3n) is 12.9. The molecule has 0 amide bonds. The van der Waals surface area contributed by atoms with E-state index in [2.05, 4.69) is 40.3 Å². The minimum atomic E-state index is -0.613. The maximum absolute atomic E-state index is 14.3. The topological polar surface area (TPSA) is 74.4 Å². The van der Waals surface area contributed by atoms with Gasteiger partial charge in [0.05, 0.1) is 16.6 Å². The van der Waals surface area contributed by atoms with Gasteiger partial charge < -0.3 is 18.9 Å². The lowest BCUT2D eigenvalue weighted by molar-refractivity contribution is -0.154. The summed E-state index contributed by atoms with van der Waals surface area (Å²) in [6, 6.07) is 0. The van der Waals surface area contributed by atoms with E-state index >= 15 is 0 Å². The minimum Gasteiger partial charge on any atom is -0.461 e. The second kappa shape index (κ2) is 6.44. The molecule has 11 atom stereocenters. The van der Waals surface area contributed by atoms with Crippen molar-refractivity contribution in [1.29, 1.82) is 0 Å². The smallest absolute Gasteiger partial charge is 0.334 e. The van der Waals surface area contributed by atoms with Gasteiger partial charge >= 0.3 is 11.9 Å². The van der Waals surface area contributed by atoms with Crippen molar-refractivity contribution in [2.45, 2.75) is 102 Å². The lowest BCUT2D eigenvalue weighted by Crippen LogP contribution is -2.51. The van der Waals surface area contributed by atoms with Gasteiger partial charge in [0.1, 0.15) is 17.8 Å². The Morgan fingerprint density at radius 1 is 1.05 bits per heavy atom. The van der Waals surface area contributed by atoms with Gasteiger partial charge in [-0.15, -0.1) is 0 Å². The van der Waals surface area contributed by atoms with Crippen molar-refractivity contribution >= 4 is 11.9 Å². The minimum absolute atomic E-state index is 0.0405. The molecule has 2 bridgehead atoms. The maximum atomic E-state index is 14.3. The van der Waals surface area contributed by atoms with Crippen LogP contribution in [0.25, 0.3) is 0 Å². The summed E-state index contributed by atoms with van der Waals surface area (Å²) in [5.41, 5.74) is 2.47. The number of hydrogen-bond acceptors (Lipinski definition) is 6. The first kappa shape index (κ1) is 23.0. The summed E-state index contributed by atoms with van der Waals surface area (Å²) in [6.45, 7) is 13.0.